The van der Waals surface area contributed by atoms with Crippen molar-refractivity contribution in [3.05, 3.63) is 88.0 Å². The lowest BCUT2D eigenvalue weighted by Crippen LogP contribution is -2.20. The summed E-state index contributed by atoms with van der Waals surface area (Å²) in [5.41, 5.74) is 3.43. The van der Waals surface area contributed by atoms with Crippen molar-refractivity contribution in [2.75, 3.05) is 25.6 Å². The summed E-state index contributed by atoms with van der Waals surface area (Å²) >= 11 is 0. The van der Waals surface area contributed by atoms with E-state index in [1.54, 1.807) is 56.5 Å². The molecule has 0 heterocycles. The maximum atomic E-state index is 12.2. The lowest BCUT2D eigenvalue weighted by molar-refractivity contribution is -0.384. The fourth-order valence-corrected chi connectivity index (χ4v) is 3.00. The highest BCUT2D eigenvalue weighted by Crippen LogP contribution is 2.28. The first-order valence-electron chi connectivity index (χ1n) is 10.8. The predicted octanol–water partition coefficient (Wildman–Crippen LogP) is 3.78. The van der Waals surface area contributed by atoms with Crippen LogP contribution in [0.4, 0.5) is 11.4 Å². The van der Waals surface area contributed by atoms with Gasteiger partial charge in [-0.3, -0.25) is 19.7 Å². The van der Waals surface area contributed by atoms with Gasteiger partial charge in [0.25, 0.3) is 17.5 Å². The third-order valence-electron chi connectivity index (χ3n) is 4.70. The van der Waals surface area contributed by atoms with Crippen LogP contribution in [-0.2, 0) is 4.79 Å². The van der Waals surface area contributed by atoms with Gasteiger partial charge in [0.2, 0.25) is 0 Å². The number of nitrogens with one attached hydrogen (secondary N) is 2. The standard InChI is InChI=1S/C25H24N4O7/c1-3-35-23-13-17(15-26-28-25(31)18-5-4-6-20(14-18)29(32)33)7-12-22(23)36-16-24(30)27-19-8-10-21(34-2)11-9-19/h4-15H,3,16H2,1-2H3,(H,27,30)(H,28,31). The van der Waals surface area contributed by atoms with Crippen molar-refractivity contribution < 1.29 is 28.7 Å². The zero-order chi connectivity index (χ0) is 25.9. The average molecular weight is 492 g/mol. The topological polar surface area (TPSA) is 141 Å². The molecule has 0 saturated carbocycles. The number of anilines is 1. The minimum Gasteiger partial charge on any atom is -0.497 e. The molecule has 186 valence electrons. The number of benzene rings is 3. The lowest BCUT2D eigenvalue weighted by atomic mass is 10.2. The van der Waals surface area contributed by atoms with Gasteiger partial charge >= 0.3 is 0 Å². The van der Waals surface area contributed by atoms with Gasteiger partial charge in [0.15, 0.2) is 18.1 Å². The maximum absolute atomic E-state index is 12.2. The quantitative estimate of drug-likeness (QED) is 0.236. The van der Waals surface area contributed by atoms with E-state index in [0.717, 1.165) is 6.07 Å². The van der Waals surface area contributed by atoms with Gasteiger partial charge in [-0.15, -0.1) is 0 Å². The molecule has 3 rings (SSSR count). The molecule has 0 aliphatic heterocycles. The number of nitro benzene ring substituents is 1. The van der Waals surface area contributed by atoms with E-state index in [1.165, 1.54) is 24.4 Å². The maximum Gasteiger partial charge on any atom is 0.271 e. The van der Waals surface area contributed by atoms with Crippen LogP contribution in [0.1, 0.15) is 22.8 Å². The van der Waals surface area contributed by atoms with E-state index in [9.17, 15) is 19.7 Å². The molecule has 2 amide bonds. The molecular formula is C25H24N4O7. The molecule has 0 aliphatic carbocycles. The number of carbonyl (C=O) groups is 2. The summed E-state index contributed by atoms with van der Waals surface area (Å²) in [5.74, 6) is 0.487. The van der Waals surface area contributed by atoms with Crippen molar-refractivity contribution >= 4 is 29.4 Å². The van der Waals surface area contributed by atoms with Gasteiger partial charge in [-0.1, -0.05) is 6.07 Å². The molecule has 2 N–H and O–H groups in total. The number of rotatable bonds is 11. The van der Waals surface area contributed by atoms with E-state index in [1.807, 2.05) is 0 Å². The second-order valence-corrected chi connectivity index (χ2v) is 7.21. The van der Waals surface area contributed by atoms with Crippen LogP contribution in [0, 0.1) is 10.1 Å². The van der Waals surface area contributed by atoms with Crippen LogP contribution >= 0.6 is 0 Å². The predicted molar refractivity (Wildman–Crippen MR) is 133 cm³/mol. The lowest BCUT2D eigenvalue weighted by Gasteiger charge is -2.13. The van der Waals surface area contributed by atoms with Crippen molar-refractivity contribution in [3.63, 3.8) is 0 Å². The molecule has 0 aliphatic rings. The number of nitro groups is 1. The summed E-state index contributed by atoms with van der Waals surface area (Å²) in [7, 11) is 1.56. The van der Waals surface area contributed by atoms with Crippen molar-refractivity contribution in [3.8, 4) is 17.2 Å². The summed E-state index contributed by atoms with van der Waals surface area (Å²) in [6, 6.07) is 17.1. The van der Waals surface area contributed by atoms with Crippen molar-refractivity contribution in [1.29, 1.82) is 0 Å². The van der Waals surface area contributed by atoms with Crippen LogP contribution in [0.15, 0.2) is 71.8 Å². The second kappa shape index (κ2) is 12.5. The smallest absolute Gasteiger partial charge is 0.271 e. The highest BCUT2D eigenvalue weighted by Gasteiger charge is 2.12. The first-order valence-corrected chi connectivity index (χ1v) is 10.8. The zero-order valence-corrected chi connectivity index (χ0v) is 19.6. The van der Waals surface area contributed by atoms with E-state index in [-0.39, 0.29) is 23.8 Å². The highest BCUT2D eigenvalue weighted by atomic mass is 16.6. The van der Waals surface area contributed by atoms with Crippen LogP contribution in [-0.4, -0.2) is 43.3 Å². The van der Waals surface area contributed by atoms with Gasteiger partial charge < -0.3 is 19.5 Å². The van der Waals surface area contributed by atoms with Crippen LogP contribution in [0.2, 0.25) is 0 Å². The van der Waals surface area contributed by atoms with E-state index in [2.05, 4.69) is 15.8 Å². The van der Waals surface area contributed by atoms with Gasteiger partial charge in [-0.05, 0) is 61.0 Å². The Kier molecular flexibility index (Phi) is 8.93. The highest BCUT2D eigenvalue weighted by molar-refractivity contribution is 5.95. The van der Waals surface area contributed by atoms with E-state index in [0.29, 0.717) is 35.1 Å². The third-order valence-corrected chi connectivity index (χ3v) is 4.70. The number of carbonyl (C=O) groups excluding carboxylic acids is 2. The Labute approximate surface area is 206 Å². The zero-order valence-electron chi connectivity index (χ0n) is 19.6. The number of ether oxygens (including phenoxy) is 3. The number of nitrogens with zero attached hydrogens (tertiary/aromatic N) is 2. The molecule has 36 heavy (non-hydrogen) atoms. The van der Waals surface area contributed by atoms with Gasteiger partial charge in [-0.25, -0.2) is 5.43 Å². The van der Waals surface area contributed by atoms with Gasteiger partial charge in [0.05, 0.1) is 24.9 Å². The van der Waals surface area contributed by atoms with Crippen molar-refractivity contribution in [2.45, 2.75) is 6.92 Å². The first kappa shape index (κ1) is 25.7. The summed E-state index contributed by atoms with van der Waals surface area (Å²) in [5, 5.41) is 17.5. The monoisotopic (exact) mass is 492 g/mol. The van der Waals surface area contributed by atoms with Crippen LogP contribution < -0.4 is 25.0 Å². The normalized spacial score (nSPS) is 10.5. The Morgan fingerprint density at radius 1 is 1.03 bits per heavy atom. The number of hydrazone groups is 1. The van der Waals surface area contributed by atoms with Crippen molar-refractivity contribution in [1.82, 2.24) is 5.43 Å². The number of hydrogen-bond donors (Lipinski definition) is 2. The Hall–Kier alpha value is -4.93. The van der Waals surface area contributed by atoms with Gasteiger partial charge in [-0.2, -0.15) is 5.10 Å². The molecule has 0 spiro atoms. The third kappa shape index (κ3) is 7.29. The fraction of sp³-hybridized carbons (Fsp3) is 0.160. The van der Waals surface area contributed by atoms with E-state index >= 15 is 0 Å². The number of hydrogen-bond acceptors (Lipinski definition) is 8. The minimum absolute atomic E-state index is 0.105. The average Bonchev–Trinajstić information content (AvgIpc) is 2.89. The molecule has 3 aromatic carbocycles. The molecule has 0 bridgehead atoms. The molecule has 0 atom stereocenters. The largest absolute Gasteiger partial charge is 0.497 e. The van der Waals surface area contributed by atoms with Crippen LogP contribution in [0.3, 0.4) is 0 Å². The Morgan fingerprint density at radius 3 is 2.50 bits per heavy atom. The van der Waals surface area contributed by atoms with Crippen molar-refractivity contribution in [2.24, 2.45) is 5.10 Å². The Morgan fingerprint density at radius 2 is 1.81 bits per heavy atom. The van der Waals surface area contributed by atoms with E-state index < -0.39 is 10.8 Å². The molecular weight excluding hydrogens is 468 g/mol. The summed E-state index contributed by atoms with van der Waals surface area (Å²) in [6.07, 6.45) is 1.39. The molecule has 0 aromatic heterocycles. The van der Waals surface area contributed by atoms with E-state index in [4.69, 9.17) is 14.2 Å². The number of non-ortho nitro benzene ring substituents is 1. The Bertz CT molecular complexity index is 1260. The van der Waals surface area contributed by atoms with Crippen LogP contribution in [0.5, 0.6) is 17.2 Å². The SMILES string of the molecule is CCOc1cc(C=NNC(=O)c2cccc([N+](=O)[O-])c2)ccc1OCC(=O)Nc1ccc(OC)cc1. The first-order chi connectivity index (χ1) is 17.4. The molecule has 3 aromatic rings. The Balaban J connectivity index is 1.59. The van der Waals surface area contributed by atoms with Gasteiger partial charge in [0.1, 0.15) is 5.75 Å². The van der Waals surface area contributed by atoms with Gasteiger partial charge in [0, 0.05) is 23.4 Å². The fourth-order valence-electron chi connectivity index (χ4n) is 3.00. The summed E-state index contributed by atoms with van der Waals surface area (Å²) < 4.78 is 16.3. The molecule has 0 unspecified atom stereocenters. The molecule has 11 nitrogen and oxygen atoms in total. The molecule has 0 fully saturated rings. The summed E-state index contributed by atoms with van der Waals surface area (Å²) in [4.78, 5) is 34.7. The summed E-state index contributed by atoms with van der Waals surface area (Å²) in [6.45, 7) is 1.93. The molecule has 0 saturated heterocycles. The molecule has 0 radical (unpaired) electrons. The molecule has 11 heteroatoms. The second-order valence-electron chi connectivity index (χ2n) is 7.21. The number of methoxy groups -OCH3 is 1. The minimum atomic E-state index is -0.595. The number of amides is 2. The van der Waals surface area contributed by atoms with Crippen LogP contribution in [0.25, 0.3) is 0 Å².